The molecular formula is C30H29FN2O3. The van der Waals surface area contributed by atoms with Crippen molar-refractivity contribution in [2.24, 2.45) is 0 Å². The molecule has 184 valence electrons. The van der Waals surface area contributed by atoms with E-state index in [9.17, 15) is 18.8 Å². The first-order valence-electron chi connectivity index (χ1n) is 12.1. The first kappa shape index (κ1) is 25.0. The van der Waals surface area contributed by atoms with Crippen molar-refractivity contribution >= 4 is 5.78 Å². The maximum Gasteiger partial charge on any atom is 0.331 e. The number of hydrogen-bond acceptors (Lipinski definition) is 3. The average molecular weight is 485 g/mol. The fraction of sp³-hybridized carbons (Fsp3) is 0.233. The lowest BCUT2D eigenvalue weighted by molar-refractivity contribution is 0.0968. The van der Waals surface area contributed by atoms with Gasteiger partial charge in [-0.15, -0.1) is 0 Å². The molecule has 1 aromatic heterocycles. The molecule has 5 nitrogen and oxygen atoms in total. The molecule has 0 saturated carbocycles. The van der Waals surface area contributed by atoms with Crippen LogP contribution < -0.4 is 11.2 Å². The first-order valence-corrected chi connectivity index (χ1v) is 12.1. The van der Waals surface area contributed by atoms with Gasteiger partial charge >= 0.3 is 5.69 Å². The van der Waals surface area contributed by atoms with Gasteiger partial charge in [-0.05, 0) is 35.6 Å². The maximum atomic E-state index is 13.7. The van der Waals surface area contributed by atoms with Crippen molar-refractivity contribution in [2.75, 3.05) is 0 Å². The van der Waals surface area contributed by atoms with E-state index in [-0.39, 0.29) is 24.1 Å². The van der Waals surface area contributed by atoms with Gasteiger partial charge in [0.25, 0.3) is 5.56 Å². The zero-order valence-corrected chi connectivity index (χ0v) is 20.5. The summed E-state index contributed by atoms with van der Waals surface area (Å²) < 4.78 is 16.1. The number of carbonyl (C=O) groups is 1. The predicted molar refractivity (Wildman–Crippen MR) is 139 cm³/mol. The van der Waals surface area contributed by atoms with E-state index >= 15 is 0 Å². The van der Waals surface area contributed by atoms with Crippen LogP contribution in [0.3, 0.4) is 0 Å². The van der Waals surface area contributed by atoms with E-state index in [0.29, 0.717) is 36.2 Å². The summed E-state index contributed by atoms with van der Waals surface area (Å²) in [5.74, 6) is -0.784. The van der Waals surface area contributed by atoms with Gasteiger partial charge in [-0.2, -0.15) is 0 Å². The molecule has 0 saturated heterocycles. The fourth-order valence-electron chi connectivity index (χ4n) is 4.44. The van der Waals surface area contributed by atoms with Crippen molar-refractivity contribution in [3.63, 3.8) is 0 Å². The molecule has 36 heavy (non-hydrogen) atoms. The lowest BCUT2D eigenvalue weighted by atomic mass is 9.97. The molecule has 0 aliphatic carbocycles. The van der Waals surface area contributed by atoms with Crippen molar-refractivity contribution in [1.29, 1.82) is 0 Å². The Labute approximate surface area is 209 Å². The standard InChI is InChI=1S/C30H29FN2O3/c1-21(2)28-26(19-23-9-5-3-6-10-23)32(18-17-22-13-15-25(31)16-14-22)30(36)33(29(28)35)20-27(34)24-11-7-4-8-12-24/h3-16,21H,17-20H2,1-2H3. The van der Waals surface area contributed by atoms with Crippen LogP contribution in [0.1, 0.15) is 52.5 Å². The normalized spacial score (nSPS) is 11.1. The second-order valence-corrected chi connectivity index (χ2v) is 9.17. The van der Waals surface area contributed by atoms with E-state index in [1.807, 2.05) is 44.2 Å². The molecular weight excluding hydrogens is 455 g/mol. The van der Waals surface area contributed by atoms with Crippen LogP contribution in [0.15, 0.2) is 94.5 Å². The van der Waals surface area contributed by atoms with Gasteiger partial charge in [-0.25, -0.2) is 9.18 Å². The second-order valence-electron chi connectivity index (χ2n) is 9.17. The number of carbonyl (C=O) groups excluding carboxylic acids is 1. The predicted octanol–water partition coefficient (Wildman–Crippen LogP) is 4.99. The highest BCUT2D eigenvalue weighted by Crippen LogP contribution is 2.19. The van der Waals surface area contributed by atoms with Crippen LogP contribution >= 0.6 is 0 Å². The number of ketones is 1. The van der Waals surface area contributed by atoms with E-state index in [4.69, 9.17) is 0 Å². The van der Waals surface area contributed by atoms with Crippen molar-refractivity contribution in [3.8, 4) is 0 Å². The van der Waals surface area contributed by atoms with E-state index in [1.54, 1.807) is 47.0 Å². The Morgan fingerprint density at radius 2 is 1.42 bits per heavy atom. The molecule has 0 fully saturated rings. The number of aryl methyl sites for hydroxylation is 1. The van der Waals surface area contributed by atoms with Crippen LogP contribution in [-0.2, 0) is 25.9 Å². The zero-order valence-electron chi connectivity index (χ0n) is 20.5. The Hall–Kier alpha value is -4.06. The summed E-state index contributed by atoms with van der Waals surface area (Å²) in [7, 11) is 0. The van der Waals surface area contributed by atoms with Gasteiger partial charge in [0.1, 0.15) is 5.82 Å². The third kappa shape index (κ3) is 5.60. The minimum absolute atomic E-state index is 0.160. The Morgan fingerprint density at radius 1 is 0.806 bits per heavy atom. The quantitative estimate of drug-likeness (QED) is 0.315. The third-order valence-electron chi connectivity index (χ3n) is 6.30. The molecule has 0 aliphatic rings. The van der Waals surface area contributed by atoms with Crippen LogP contribution in [0.2, 0.25) is 0 Å². The molecule has 0 bridgehead atoms. The SMILES string of the molecule is CC(C)c1c(Cc2ccccc2)n(CCc2ccc(F)cc2)c(=O)n(CC(=O)c2ccccc2)c1=O. The van der Waals surface area contributed by atoms with Gasteiger partial charge in [0.05, 0.1) is 6.54 Å². The van der Waals surface area contributed by atoms with E-state index in [0.717, 1.165) is 15.7 Å². The van der Waals surface area contributed by atoms with Gasteiger partial charge in [0, 0.05) is 29.8 Å². The number of aromatic nitrogens is 2. The molecule has 4 rings (SSSR count). The molecule has 4 aromatic rings. The summed E-state index contributed by atoms with van der Waals surface area (Å²) in [6.07, 6.45) is 0.889. The summed E-state index contributed by atoms with van der Waals surface area (Å²) in [6, 6.07) is 24.5. The van der Waals surface area contributed by atoms with Gasteiger partial charge in [-0.1, -0.05) is 86.6 Å². The molecule has 3 aromatic carbocycles. The van der Waals surface area contributed by atoms with Gasteiger partial charge in [0.15, 0.2) is 5.78 Å². The van der Waals surface area contributed by atoms with Crippen LogP contribution in [0.4, 0.5) is 4.39 Å². The molecule has 0 unspecified atom stereocenters. The monoisotopic (exact) mass is 484 g/mol. The highest BCUT2D eigenvalue weighted by atomic mass is 19.1. The van der Waals surface area contributed by atoms with Crippen LogP contribution in [0.25, 0.3) is 0 Å². The minimum atomic E-state index is -0.512. The summed E-state index contributed by atoms with van der Waals surface area (Å²) >= 11 is 0. The van der Waals surface area contributed by atoms with E-state index in [2.05, 4.69) is 0 Å². The molecule has 0 N–H and O–H groups in total. The minimum Gasteiger partial charge on any atom is -0.297 e. The number of rotatable bonds is 9. The van der Waals surface area contributed by atoms with E-state index < -0.39 is 11.2 Å². The number of hydrogen-bond donors (Lipinski definition) is 0. The fourth-order valence-corrected chi connectivity index (χ4v) is 4.44. The van der Waals surface area contributed by atoms with Gasteiger partial charge < -0.3 is 0 Å². The molecule has 0 radical (unpaired) electrons. The number of halogens is 1. The van der Waals surface area contributed by atoms with Crippen molar-refractivity contribution in [3.05, 3.63) is 140 Å². The topological polar surface area (TPSA) is 61.1 Å². The molecule has 0 amide bonds. The smallest absolute Gasteiger partial charge is 0.297 e. The van der Waals surface area contributed by atoms with Gasteiger partial charge in [-0.3, -0.25) is 18.7 Å². The summed E-state index contributed by atoms with van der Waals surface area (Å²) in [4.78, 5) is 40.3. The molecule has 0 spiro atoms. The van der Waals surface area contributed by atoms with Crippen molar-refractivity contribution in [1.82, 2.24) is 9.13 Å². The highest BCUT2D eigenvalue weighted by molar-refractivity contribution is 5.95. The summed E-state index contributed by atoms with van der Waals surface area (Å²) in [5.41, 5.74) is 2.53. The number of Topliss-reactive ketones (excluding diaryl/α,β-unsaturated/α-hetero) is 1. The highest BCUT2D eigenvalue weighted by Gasteiger charge is 2.23. The summed E-state index contributed by atoms with van der Waals surface area (Å²) in [6.45, 7) is 3.81. The van der Waals surface area contributed by atoms with Crippen molar-refractivity contribution in [2.45, 2.75) is 45.7 Å². The van der Waals surface area contributed by atoms with Crippen LogP contribution in [0.5, 0.6) is 0 Å². The number of nitrogens with zero attached hydrogens (tertiary/aromatic N) is 2. The third-order valence-corrected chi connectivity index (χ3v) is 6.30. The molecule has 1 heterocycles. The number of benzene rings is 3. The Balaban J connectivity index is 1.83. The summed E-state index contributed by atoms with van der Waals surface area (Å²) in [5, 5.41) is 0. The Kier molecular flexibility index (Phi) is 7.74. The van der Waals surface area contributed by atoms with E-state index in [1.165, 1.54) is 12.1 Å². The largest absolute Gasteiger partial charge is 0.331 e. The van der Waals surface area contributed by atoms with Crippen LogP contribution in [-0.4, -0.2) is 14.9 Å². The molecule has 6 heteroatoms. The molecule has 0 atom stereocenters. The van der Waals surface area contributed by atoms with Gasteiger partial charge in [0.2, 0.25) is 0 Å². The average Bonchev–Trinajstić information content (AvgIpc) is 2.88. The Bertz CT molecular complexity index is 1450. The second kappa shape index (κ2) is 11.1. The maximum absolute atomic E-state index is 13.7. The Morgan fingerprint density at radius 3 is 2.03 bits per heavy atom. The zero-order chi connectivity index (χ0) is 25.7. The van der Waals surface area contributed by atoms with Crippen LogP contribution in [0, 0.1) is 5.82 Å². The van der Waals surface area contributed by atoms with Crippen molar-refractivity contribution < 1.29 is 9.18 Å². The first-order chi connectivity index (χ1) is 17.3. The molecule has 0 aliphatic heterocycles. The lowest BCUT2D eigenvalue weighted by Crippen LogP contribution is -2.45. The lowest BCUT2D eigenvalue weighted by Gasteiger charge is -2.21.